The SMILES string of the molecule is COC(=O)C(CC(C)=O)NC(=O)C(CC(C)C)NC(=O)OCc1ccccc1. The van der Waals surface area contributed by atoms with E-state index in [-0.39, 0.29) is 24.7 Å². The van der Waals surface area contributed by atoms with Crippen molar-refractivity contribution in [3.63, 3.8) is 0 Å². The molecule has 8 heteroatoms. The summed E-state index contributed by atoms with van der Waals surface area (Å²) in [5.41, 5.74) is 0.815. The first-order valence-electron chi connectivity index (χ1n) is 9.07. The summed E-state index contributed by atoms with van der Waals surface area (Å²) in [6.07, 6.45) is -0.600. The first-order chi connectivity index (χ1) is 13.2. The second-order valence-corrected chi connectivity index (χ2v) is 6.88. The highest BCUT2D eigenvalue weighted by atomic mass is 16.5. The second kappa shape index (κ2) is 11.7. The fraction of sp³-hybridized carbons (Fsp3) is 0.500. The zero-order valence-corrected chi connectivity index (χ0v) is 16.7. The molecular formula is C20H28N2O6. The van der Waals surface area contributed by atoms with E-state index >= 15 is 0 Å². The van der Waals surface area contributed by atoms with E-state index in [2.05, 4.69) is 15.4 Å². The van der Waals surface area contributed by atoms with Gasteiger partial charge in [0.2, 0.25) is 5.91 Å². The number of nitrogens with one attached hydrogen (secondary N) is 2. The number of alkyl carbamates (subject to hydrolysis) is 1. The number of hydrogen-bond donors (Lipinski definition) is 2. The maximum absolute atomic E-state index is 12.6. The number of ketones is 1. The molecule has 0 saturated heterocycles. The van der Waals surface area contributed by atoms with E-state index in [1.807, 2.05) is 44.2 Å². The van der Waals surface area contributed by atoms with Crippen molar-refractivity contribution in [1.82, 2.24) is 10.6 Å². The van der Waals surface area contributed by atoms with E-state index in [4.69, 9.17) is 4.74 Å². The van der Waals surface area contributed by atoms with Crippen LogP contribution in [0.3, 0.4) is 0 Å². The van der Waals surface area contributed by atoms with Gasteiger partial charge in [-0.1, -0.05) is 44.2 Å². The fourth-order valence-corrected chi connectivity index (χ4v) is 2.51. The molecule has 28 heavy (non-hydrogen) atoms. The molecule has 0 fully saturated rings. The molecule has 0 spiro atoms. The Morgan fingerprint density at radius 1 is 1.00 bits per heavy atom. The summed E-state index contributed by atoms with van der Waals surface area (Å²) < 4.78 is 9.78. The lowest BCUT2D eigenvalue weighted by molar-refractivity contribution is -0.146. The van der Waals surface area contributed by atoms with Crippen molar-refractivity contribution < 1.29 is 28.7 Å². The molecule has 0 bridgehead atoms. The van der Waals surface area contributed by atoms with Crippen LogP contribution >= 0.6 is 0 Å². The maximum Gasteiger partial charge on any atom is 0.408 e. The predicted octanol–water partition coefficient (Wildman–Crippen LogP) is 1.96. The zero-order valence-electron chi connectivity index (χ0n) is 16.7. The monoisotopic (exact) mass is 392 g/mol. The van der Waals surface area contributed by atoms with Crippen molar-refractivity contribution in [3.8, 4) is 0 Å². The van der Waals surface area contributed by atoms with Crippen molar-refractivity contribution in [3.05, 3.63) is 35.9 Å². The van der Waals surface area contributed by atoms with Crippen molar-refractivity contribution in [2.24, 2.45) is 5.92 Å². The molecule has 0 aliphatic heterocycles. The number of amides is 2. The van der Waals surface area contributed by atoms with E-state index in [0.29, 0.717) is 6.42 Å². The van der Waals surface area contributed by atoms with E-state index in [0.717, 1.165) is 5.56 Å². The Labute approximate surface area is 165 Å². The van der Waals surface area contributed by atoms with Gasteiger partial charge in [0.1, 0.15) is 24.5 Å². The third-order valence-corrected chi connectivity index (χ3v) is 3.82. The number of esters is 1. The number of carbonyl (C=O) groups excluding carboxylic acids is 4. The normalized spacial score (nSPS) is 12.6. The minimum Gasteiger partial charge on any atom is -0.467 e. The van der Waals surface area contributed by atoms with Crippen LogP contribution in [-0.4, -0.2) is 42.9 Å². The van der Waals surface area contributed by atoms with Gasteiger partial charge < -0.3 is 20.1 Å². The molecule has 1 rings (SSSR count). The second-order valence-electron chi connectivity index (χ2n) is 6.88. The Kier molecular flexibility index (Phi) is 9.70. The van der Waals surface area contributed by atoms with E-state index in [1.54, 1.807) is 0 Å². The topological polar surface area (TPSA) is 111 Å². The highest BCUT2D eigenvalue weighted by Crippen LogP contribution is 2.08. The van der Waals surface area contributed by atoms with Gasteiger partial charge >= 0.3 is 12.1 Å². The first-order valence-corrected chi connectivity index (χ1v) is 9.07. The molecular weight excluding hydrogens is 364 g/mol. The fourth-order valence-electron chi connectivity index (χ4n) is 2.51. The minimum atomic E-state index is -1.10. The van der Waals surface area contributed by atoms with Crippen molar-refractivity contribution in [2.45, 2.75) is 52.3 Å². The van der Waals surface area contributed by atoms with Crippen LogP contribution in [0.2, 0.25) is 0 Å². The van der Waals surface area contributed by atoms with Gasteiger partial charge in [0.15, 0.2) is 0 Å². The molecule has 0 aliphatic carbocycles. The van der Waals surface area contributed by atoms with Gasteiger partial charge in [0.05, 0.1) is 7.11 Å². The first kappa shape index (κ1) is 23.1. The number of methoxy groups -OCH3 is 1. The molecule has 2 atom stereocenters. The van der Waals surface area contributed by atoms with Crippen LogP contribution in [0.4, 0.5) is 4.79 Å². The highest BCUT2D eigenvalue weighted by molar-refractivity contribution is 5.92. The highest BCUT2D eigenvalue weighted by Gasteiger charge is 2.29. The van der Waals surface area contributed by atoms with E-state index < -0.39 is 30.1 Å². The summed E-state index contributed by atoms with van der Waals surface area (Å²) in [7, 11) is 1.17. The molecule has 0 aromatic heterocycles. The molecule has 2 N–H and O–H groups in total. The third-order valence-electron chi connectivity index (χ3n) is 3.82. The van der Waals surface area contributed by atoms with Crippen LogP contribution in [0.15, 0.2) is 30.3 Å². The Bertz CT molecular complexity index is 675. The average Bonchev–Trinajstić information content (AvgIpc) is 2.64. The van der Waals surface area contributed by atoms with Crippen LogP contribution in [0.25, 0.3) is 0 Å². The number of carbonyl (C=O) groups is 4. The molecule has 1 aromatic rings. The van der Waals surface area contributed by atoms with Crippen LogP contribution in [-0.2, 0) is 30.5 Å². The summed E-state index contributed by atoms with van der Waals surface area (Å²) in [5.74, 6) is -1.48. The number of Topliss-reactive ketones (excluding diaryl/α,β-unsaturated/α-hetero) is 1. The molecule has 1 aromatic carbocycles. The smallest absolute Gasteiger partial charge is 0.408 e. The third kappa shape index (κ3) is 8.66. The lowest BCUT2D eigenvalue weighted by Gasteiger charge is -2.22. The lowest BCUT2D eigenvalue weighted by atomic mass is 10.0. The van der Waals surface area contributed by atoms with Crippen LogP contribution in [0.5, 0.6) is 0 Å². The number of benzene rings is 1. The Hall–Kier alpha value is -2.90. The minimum absolute atomic E-state index is 0.0673. The summed E-state index contributed by atoms with van der Waals surface area (Å²) in [6, 6.07) is 7.11. The Balaban J connectivity index is 2.73. The van der Waals surface area contributed by atoms with Crippen molar-refractivity contribution in [1.29, 1.82) is 0 Å². The predicted molar refractivity (Wildman–Crippen MR) is 102 cm³/mol. The molecule has 0 heterocycles. The maximum atomic E-state index is 12.6. The molecule has 0 radical (unpaired) electrons. The Morgan fingerprint density at radius 3 is 2.18 bits per heavy atom. The van der Waals surface area contributed by atoms with Gasteiger partial charge in [0, 0.05) is 6.42 Å². The van der Waals surface area contributed by atoms with E-state index in [9.17, 15) is 19.2 Å². The van der Waals surface area contributed by atoms with Gasteiger partial charge in [0.25, 0.3) is 0 Å². The molecule has 0 aliphatic rings. The molecule has 8 nitrogen and oxygen atoms in total. The standard InChI is InChI=1S/C20H28N2O6/c1-13(2)10-16(18(24)21-17(11-14(3)23)19(25)27-4)22-20(26)28-12-15-8-6-5-7-9-15/h5-9,13,16-17H,10-12H2,1-4H3,(H,21,24)(H,22,26). The molecule has 2 amide bonds. The summed E-state index contributed by atoms with van der Waals surface area (Å²) in [5, 5.41) is 5.00. The van der Waals surface area contributed by atoms with Crippen LogP contribution in [0.1, 0.15) is 39.2 Å². The van der Waals surface area contributed by atoms with Crippen LogP contribution in [0, 0.1) is 5.92 Å². The zero-order chi connectivity index (χ0) is 21.1. The number of rotatable bonds is 10. The molecule has 2 unspecified atom stereocenters. The number of ether oxygens (including phenoxy) is 2. The summed E-state index contributed by atoms with van der Waals surface area (Å²) >= 11 is 0. The van der Waals surface area contributed by atoms with E-state index in [1.165, 1.54) is 14.0 Å². The van der Waals surface area contributed by atoms with Crippen molar-refractivity contribution >= 4 is 23.8 Å². The quantitative estimate of drug-likeness (QED) is 0.589. The van der Waals surface area contributed by atoms with Gasteiger partial charge in [-0.05, 0) is 24.8 Å². The molecule has 0 saturated carbocycles. The van der Waals surface area contributed by atoms with Gasteiger partial charge in [-0.25, -0.2) is 9.59 Å². The van der Waals surface area contributed by atoms with Crippen molar-refractivity contribution in [2.75, 3.05) is 7.11 Å². The largest absolute Gasteiger partial charge is 0.467 e. The van der Waals surface area contributed by atoms with Gasteiger partial charge in [-0.3, -0.25) is 9.59 Å². The average molecular weight is 392 g/mol. The number of hydrogen-bond acceptors (Lipinski definition) is 6. The van der Waals surface area contributed by atoms with Crippen LogP contribution < -0.4 is 10.6 Å². The Morgan fingerprint density at radius 2 is 1.64 bits per heavy atom. The van der Waals surface area contributed by atoms with Gasteiger partial charge in [-0.15, -0.1) is 0 Å². The summed E-state index contributed by atoms with van der Waals surface area (Å²) in [6.45, 7) is 5.17. The lowest BCUT2D eigenvalue weighted by Crippen LogP contribution is -2.52. The van der Waals surface area contributed by atoms with Gasteiger partial charge in [-0.2, -0.15) is 0 Å². The molecule has 154 valence electrons. The summed E-state index contributed by atoms with van der Waals surface area (Å²) in [4.78, 5) is 47.9.